The minimum atomic E-state index is -0.0187. The number of hydrogen-bond acceptors (Lipinski definition) is 9. The third kappa shape index (κ3) is 9.69. The number of thiazole rings is 1. The monoisotopic (exact) mass is 808 g/mol. The van der Waals surface area contributed by atoms with E-state index in [9.17, 15) is 4.79 Å². The molecule has 0 radical (unpaired) electrons. The molecule has 1 amide bonds. The number of rotatable bonds is 19. The highest BCUT2D eigenvalue weighted by Gasteiger charge is 2.26. The Morgan fingerprint density at radius 3 is 2.46 bits per heavy atom. The molecule has 1 aliphatic heterocycles. The van der Waals surface area contributed by atoms with Gasteiger partial charge in [0.15, 0.2) is 4.96 Å². The molecule has 2 atom stereocenters. The Morgan fingerprint density at radius 2 is 1.66 bits per heavy atom. The Hall–Kier alpha value is -5.52. The Morgan fingerprint density at radius 1 is 0.898 bits per heavy atom. The number of ether oxygens (including phenoxy) is 1. The minimum Gasteiger partial charge on any atom is -0.493 e. The van der Waals surface area contributed by atoms with E-state index in [1.54, 1.807) is 11.3 Å². The highest BCUT2D eigenvalue weighted by Crippen LogP contribution is 2.32. The van der Waals surface area contributed by atoms with Crippen LogP contribution in [0.5, 0.6) is 5.75 Å². The lowest BCUT2D eigenvalue weighted by atomic mass is 10.1. The summed E-state index contributed by atoms with van der Waals surface area (Å²) in [5.41, 5.74) is 5.84. The summed E-state index contributed by atoms with van der Waals surface area (Å²) in [6.45, 7) is 13.0. The maximum Gasteiger partial charge on any atom is 0.251 e. The number of nitrogens with zero attached hydrogens (tertiary/aromatic N) is 6. The average Bonchev–Trinajstić information content (AvgIpc) is 4.01. The molecule has 4 heterocycles. The van der Waals surface area contributed by atoms with Crippen molar-refractivity contribution in [1.82, 2.24) is 29.6 Å². The quantitative estimate of drug-likeness (QED) is 0.0780. The van der Waals surface area contributed by atoms with E-state index in [0.29, 0.717) is 24.6 Å². The number of unbranched alkanes of at least 4 members (excludes halogenated alkanes) is 2. The first-order chi connectivity index (χ1) is 28.9. The van der Waals surface area contributed by atoms with Crippen LogP contribution in [0.1, 0.15) is 81.3 Å². The standard InChI is InChI=1S/C48H56N8O2S/c1-4-6-26-54(27-7-5-2)28-13-25-49-46(57)38-20-23-43-44(30-38)59-48-52-42(32-56(43)48)37-18-21-39(22-19-37)58-33-35-24-29-55(31-35)47-51-41-17-12-11-16-40(41)45(53-47)50-34(3)36-14-9-8-10-15-36/h8-12,14-23,30,32,34-35H,4-7,13,24-29,31,33H2,1-3H3,(H,49,57)(H,50,51,53). The van der Waals surface area contributed by atoms with Crippen LogP contribution < -0.4 is 20.3 Å². The van der Waals surface area contributed by atoms with E-state index in [1.165, 1.54) is 31.2 Å². The van der Waals surface area contributed by atoms with Crippen molar-refractivity contribution in [3.05, 3.63) is 114 Å². The summed E-state index contributed by atoms with van der Waals surface area (Å²) in [6, 6.07) is 32.9. The number of amides is 1. The Bertz CT molecular complexity index is 2460. The maximum absolute atomic E-state index is 13.0. The second kappa shape index (κ2) is 19.0. The molecule has 11 heteroatoms. The van der Waals surface area contributed by atoms with Crippen molar-refractivity contribution in [2.75, 3.05) is 56.1 Å². The lowest BCUT2D eigenvalue weighted by Crippen LogP contribution is -2.31. The molecule has 306 valence electrons. The molecule has 1 fully saturated rings. The second-order valence-corrected chi connectivity index (χ2v) is 16.8. The molecule has 4 aromatic carbocycles. The molecule has 0 aliphatic carbocycles. The molecule has 7 aromatic rings. The van der Waals surface area contributed by atoms with Crippen molar-refractivity contribution in [1.29, 1.82) is 0 Å². The fraction of sp³-hybridized carbons (Fsp3) is 0.375. The minimum absolute atomic E-state index is 0.0187. The number of carbonyl (C=O) groups excluding carboxylic acids is 1. The molecular formula is C48H56N8O2S. The molecule has 1 saturated heterocycles. The molecule has 3 aromatic heterocycles. The van der Waals surface area contributed by atoms with E-state index < -0.39 is 0 Å². The molecule has 59 heavy (non-hydrogen) atoms. The van der Waals surface area contributed by atoms with E-state index in [1.807, 2.05) is 48.5 Å². The number of aromatic nitrogens is 4. The van der Waals surface area contributed by atoms with Crippen molar-refractivity contribution >= 4 is 55.1 Å². The topological polar surface area (TPSA) is 99.9 Å². The van der Waals surface area contributed by atoms with Gasteiger partial charge in [0, 0.05) is 54.3 Å². The summed E-state index contributed by atoms with van der Waals surface area (Å²) in [4.78, 5) is 33.7. The van der Waals surface area contributed by atoms with Crippen LogP contribution in [0.4, 0.5) is 11.8 Å². The molecule has 10 nitrogen and oxygen atoms in total. The first-order valence-electron chi connectivity index (χ1n) is 21.4. The average molecular weight is 809 g/mol. The molecule has 2 N–H and O–H groups in total. The van der Waals surface area contributed by atoms with Crippen LogP contribution in [-0.4, -0.2) is 76.0 Å². The normalized spacial score (nSPS) is 14.8. The van der Waals surface area contributed by atoms with Gasteiger partial charge >= 0.3 is 0 Å². The zero-order chi connectivity index (χ0) is 40.6. The van der Waals surface area contributed by atoms with Crippen LogP contribution in [0.2, 0.25) is 0 Å². The number of para-hydroxylation sites is 1. The summed E-state index contributed by atoms with van der Waals surface area (Å²) < 4.78 is 9.49. The third-order valence-electron chi connectivity index (χ3n) is 11.4. The number of imidazole rings is 1. The van der Waals surface area contributed by atoms with Crippen molar-refractivity contribution in [3.8, 4) is 17.0 Å². The molecule has 0 spiro atoms. The molecule has 8 rings (SSSR count). The van der Waals surface area contributed by atoms with Gasteiger partial charge in [-0.1, -0.05) is 80.5 Å². The van der Waals surface area contributed by atoms with Gasteiger partial charge in [-0.25, -0.2) is 9.97 Å². The Balaban J connectivity index is 0.845. The summed E-state index contributed by atoms with van der Waals surface area (Å²) in [5.74, 6) is 2.80. The SMILES string of the molecule is CCCCN(CCCC)CCCNC(=O)c1ccc2c(c1)sc1nc(-c3ccc(OCC4CCN(c5nc(NC(C)c6ccccc6)c6ccccc6n5)C4)cc3)cn12. The van der Waals surface area contributed by atoms with Gasteiger partial charge in [-0.2, -0.15) is 4.98 Å². The lowest BCUT2D eigenvalue weighted by Gasteiger charge is -2.21. The van der Waals surface area contributed by atoms with Gasteiger partial charge in [0.1, 0.15) is 11.6 Å². The van der Waals surface area contributed by atoms with Gasteiger partial charge in [0.25, 0.3) is 5.91 Å². The van der Waals surface area contributed by atoms with Crippen LogP contribution in [0, 0.1) is 5.92 Å². The molecular weight excluding hydrogens is 753 g/mol. The van der Waals surface area contributed by atoms with Gasteiger partial charge in [-0.15, -0.1) is 0 Å². The van der Waals surface area contributed by atoms with E-state index in [-0.39, 0.29) is 11.9 Å². The van der Waals surface area contributed by atoms with Crippen LogP contribution >= 0.6 is 11.3 Å². The second-order valence-electron chi connectivity index (χ2n) is 15.8. The van der Waals surface area contributed by atoms with Gasteiger partial charge in [-0.05, 0) is 112 Å². The van der Waals surface area contributed by atoms with Crippen LogP contribution in [0.15, 0.2) is 103 Å². The zero-order valence-electron chi connectivity index (χ0n) is 34.6. The summed E-state index contributed by atoms with van der Waals surface area (Å²) >= 11 is 1.61. The predicted octanol–water partition coefficient (Wildman–Crippen LogP) is 10.3. The van der Waals surface area contributed by atoms with Crippen molar-refractivity contribution in [2.45, 2.75) is 65.3 Å². The predicted molar refractivity (Wildman–Crippen MR) is 243 cm³/mol. The van der Waals surface area contributed by atoms with Crippen LogP contribution in [0.25, 0.3) is 37.3 Å². The van der Waals surface area contributed by atoms with Crippen LogP contribution in [0.3, 0.4) is 0 Å². The first-order valence-corrected chi connectivity index (χ1v) is 22.3. The number of nitrogens with one attached hydrogen (secondary N) is 2. The summed E-state index contributed by atoms with van der Waals surface area (Å²) in [5, 5.41) is 7.82. The van der Waals surface area contributed by atoms with Gasteiger partial charge in [0.05, 0.1) is 28.0 Å². The van der Waals surface area contributed by atoms with Gasteiger partial charge < -0.3 is 25.2 Å². The molecule has 0 saturated carbocycles. The van der Waals surface area contributed by atoms with Crippen molar-refractivity contribution in [2.24, 2.45) is 5.92 Å². The van der Waals surface area contributed by atoms with E-state index in [4.69, 9.17) is 19.7 Å². The fourth-order valence-electron chi connectivity index (χ4n) is 7.92. The molecule has 0 bridgehead atoms. The zero-order valence-corrected chi connectivity index (χ0v) is 35.4. The van der Waals surface area contributed by atoms with E-state index in [2.05, 4.69) is 100 Å². The van der Waals surface area contributed by atoms with Crippen LogP contribution in [-0.2, 0) is 0 Å². The van der Waals surface area contributed by atoms with Crippen molar-refractivity contribution < 1.29 is 9.53 Å². The summed E-state index contributed by atoms with van der Waals surface area (Å²) in [6.07, 6.45) is 8.93. The molecule has 1 aliphatic rings. The smallest absolute Gasteiger partial charge is 0.251 e. The first kappa shape index (κ1) is 40.3. The number of hydrogen-bond donors (Lipinski definition) is 2. The highest BCUT2D eigenvalue weighted by molar-refractivity contribution is 7.23. The fourth-order valence-corrected chi connectivity index (χ4v) is 8.97. The largest absolute Gasteiger partial charge is 0.493 e. The maximum atomic E-state index is 13.0. The number of benzene rings is 4. The summed E-state index contributed by atoms with van der Waals surface area (Å²) in [7, 11) is 0. The number of carbonyl (C=O) groups is 1. The van der Waals surface area contributed by atoms with Gasteiger partial charge in [-0.3, -0.25) is 9.20 Å². The Kier molecular flexibility index (Phi) is 13.0. The third-order valence-corrected chi connectivity index (χ3v) is 12.4. The van der Waals surface area contributed by atoms with Crippen molar-refractivity contribution in [3.63, 3.8) is 0 Å². The number of anilines is 2. The van der Waals surface area contributed by atoms with E-state index in [0.717, 1.165) is 100 Å². The lowest BCUT2D eigenvalue weighted by molar-refractivity contribution is 0.0951. The van der Waals surface area contributed by atoms with Gasteiger partial charge in [0.2, 0.25) is 5.95 Å². The highest BCUT2D eigenvalue weighted by atomic mass is 32.1. The number of fused-ring (bicyclic) bond motifs is 4. The molecule has 2 unspecified atom stereocenters. The Labute approximate surface area is 351 Å². The van der Waals surface area contributed by atoms with E-state index >= 15 is 0 Å².